The largest absolute Gasteiger partial charge is 0.478 e. The van der Waals surface area contributed by atoms with Gasteiger partial charge in [0.1, 0.15) is 5.01 Å². The molecule has 0 saturated heterocycles. The van der Waals surface area contributed by atoms with Crippen molar-refractivity contribution in [2.45, 2.75) is 26.3 Å². The van der Waals surface area contributed by atoms with Crippen molar-refractivity contribution in [3.8, 4) is 0 Å². The molecule has 0 radical (unpaired) electrons. The molecule has 0 spiro atoms. The van der Waals surface area contributed by atoms with Crippen molar-refractivity contribution in [1.29, 1.82) is 0 Å². The Morgan fingerprint density at radius 1 is 1.55 bits per heavy atom. The van der Waals surface area contributed by atoms with Crippen molar-refractivity contribution in [1.82, 2.24) is 4.98 Å². The number of hydrogen-bond donors (Lipinski definition) is 2. The summed E-state index contributed by atoms with van der Waals surface area (Å²) >= 11 is 7.62. The van der Waals surface area contributed by atoms with Crippen molar-refractivity contribution >= 4 is 34.6 Å². The molecule has 2 aromatic rings. The van der Waals surface area contributed by atoms with Gasteiger partial charge in [-0.3, -0.25) is 0 Å². The number of aryl methyl sites for hydroxylation is 1. The van der Waals surface area contributed by atoms with E-state index in [0.29, 0.717) is 0 Å². The van der Waals surface area contributed by atoms with Crippen LogP contribution in [0.4, 0.5) is 5.69 Å². The Balaban J connectivity index is 2.13. The van der Waals surface area contributed by atoms with E-state index in [2.05, 4.69) is 17.2 Å². The second-order valence-corrected chi connectivity index (χ2v) is 5.94. The van der Waals surface area contributed by atoms with Crippen molar-refractivity contribution in [3.05, 3.63) is 44.9 Å². The Hall–Kier alpha value is -1.59. The molecule has 1 unspecified atom stereocenters. The second-order valence-electron chi connectivity index (χ2n) is 4.38. The summed E-state index contributed by atoms with van der Waals surface area (Å²) in [4.78, 5) is 16.5. The zero-order valence-corrected chi connectivity index (χ0v) is 12.8. The van der Waals surface area contributed by atoms with Gasteiger partial charge in [0, 0.05) is 16.8 Å². The summed E-state index contributed by atoms with van der Waals surface area (Å²) in [6.07, 6.45) is 2.86. The zero-order valence-electron chi connectivity index (χ0n) is 11.2. The van der Waals surface area contributed by atoms with E-state index in [1.807, 2.05) is 13.1 Å². The van der Waals surface area contributed by atoms with Crippen LogP contribution in [-0.4, -0.2) is 16.1 Å². The highest BCUT2D eigenvalue weighted by Gasteiger charge is 2.12. The summed E-state index contributed by atoms with van der Waals surface area (Å²) in [5.41, 5.74) is 0.883. The first-order valence-corrected chi connectivity index (χ1v) is 7.44. The van der Waals surface area contributed by atoms with Gasteiger partial charge in [-0.15, -0.1) is 11.3 Å². The Labute approximate surface area is 126 Å². The van der Waals surface area contributed by atoms with Gasteiger partial charge in [0.25, 0.3) is 0 Å². The lowest BCUT2D eigenvalue weighted by Crippen LogP contribution is -2.06. The molecular formula is C14H15ClN2O2S. The van der Waals surface area contributed by atoms with Crippen LogP contribution in [0.3, 0.4) is 0 Å². The number of nitrogens with one attached hydrogen (secondary N) is 1. The first-order valence-electron chi connectivity index (χ1n) is 6.25. The van der Waals surface area contributed by atoms with Crippen LogP contribution in [0.5, 0.6) is 0 Å². The topological polar surface area (TPSA) is 62.2 Å². The second kappa shape index (κ2) is 6.24. The monoisotopic (exact) mass is 310 g/mol. The summed E-state index contributed by atoms with van der Waals surface area (Å²) in [5.74, 6) is -1.03. The minimum Gasteiger partial charge on any atom is -0.478 e. The number of thiazole rings is 1. The highest BCUT2D eigenvalue weighted by molar-refractivity contribution is 7.11. The molecule has 1 aromatic carbocycles. The maximum absolute atomic E-state index is 10.9. The van der Waals surface area contributed by atoms with Crippen molar-refractivity contribution in [3.63, 3.8) is 0 Å². The van der Waals surface area contributed by atoms with Crippen LogP contribution in [0.1, 0.15) is 40.1 Å². The van der Waals surface area contributed by atoms with Gasteiger partial charge in [0.05, 0.1) is 16.6 Å². The molecule has 0 aliphatic carbocycles. The van der Waals surface area contributed by atoms with Crippen molar-refractivity contribution < 1.29 is 9.90 Å². The molecule has 0 bridgehead atoms. The van der Waals surface area contributed by atoms with E-state index < -0.39 is 5.97 Å². The van der Waals surface area contributed by atoms with E-state index in [9.17, 15) is 4.79 Å². The normalized spacial score (nSPS) is 12.2. The fraction of sp³-hybridized carbons (Fsp3) is 0.286. The van der Waals surface area contributed by atoms with E-state index in [4.69, 9.17) is 16.7 Å². The van der Waals surface area contributed by atoms with Crippen LogP contribution < -0.4 is 5.32 Å². The van der Waals surface area contributed by atoms with E-state index in [0.717, 1.165) is 17.1 Å². The molecule has 1 aromatic heterocycles. The van der Waals surface area contributed by atoms with E-state index >= 15 is 0 Å². The lowest BCUT2D eigenvalue weighted by molar-refractivity contribution is 0.0697. The molecule has 0 aliphatic heterocycles. The van der Waals surface area contributed by atoms with Gasteiger partial charge < -0.3 is 10.4 Å². The molecule has 0 aliphatic rings. The number of carbonyl (C=O) groups is 1. The number of nitrogens with zero attached hydrogens (tertiary/aromatic N) is 1. The standard InChI is InChI=1S/C14H15ClN2O2S/c1-3-10-7-16-13(20-10)8(2)17-9-4-5-11(14(18)19)12(15)6-9/h4-8,17H,3H2,1-2H3,(H,18,19). The first-order chi connectivity index (χ1) is 9.51. The lowest BCUT2D eigenvalue weighted by atomic mass is 10.2. The summed E-state index contributed by atoms with van der Waals surface area (Å²) < 4.78 is 0. The number of aromatic nitrogens is 1. The van der Waals surface area contributed by atoms with Gasteiger partial charge in [0.15, 0.2) is 0 Å². The predicted molar refractivity (Wildman–Crippen MR) is 81.9 cm³/mol. The summed E-state index contributed by atoms with van der Waals surface area (Å²) in [6, 6.07) is 4.88. The fourth-order valence-electron chi connectivity index (χ4n) is 1.78. The van der Waals surface area contributed by atoms with E-state index in [-0.39, 0.29) is 16.6 Å². The average Bonchev–Trinajstić information content (AvgIpc) is 2.87. The maximum atomic E-state index is 10.9. The number of anilines is 1. The Morgan fingerprint density at radius 2 is 2.30 bits per heavy atom. The Morgan fingerprint density at radius 3 is 2.85 bits per heavy atom. The predicted octanol–water partition coefficient (Wildman–Crippen LogP) is 4.23. The number of benzene rings is 1. The van der Waals surface area contributed by atoms with Gasteiger partial charge in [-0.05, 0) is 31.5 Å². The molecule has 6 heteroatoms. The molecule has 1 heterocycles. The number of rotatable bonds is 5. The minimum absolute atomic E-state index is 0.0482. The van der Waals surface area contributed by atoms with Crippen LogP contribution in [0, 0.1) is 0 Å². The fourth-order valence-corrected chi connectivity index (χ4v) is 2.90. The SMILES string of the molecule is CCc1cnc(C(C)Nc2ccc(C(=O)O)c(Cl)c2)s1. The number of halogens is 1. The third-order valence-electron chi connectivity index (χ3n) is 2.87. The highest BCUT2D eigenvalue weighted by Crippen LogP contribution is 2.26. The number of hydrogen-bond acceptors (Lipinski definition) is 4. The maximum Gasteiger partial charge on any atom is 0.337 e. The van der Waals surface area contributed by atoms with Crippen LogP contribution in [0.25, 0.3) is 0 Å². The highest BCUT2D eigenvalue weighted by atomic mass is 35.5. The molecule has 106 valence electrons. The number of aromatic carboxylic acids is 1. The number of carboxylic acid groups (broad SMARTS) is 1. The van der Waals surface area contributed by atoms with E-state index in [1.54, 1.807) is 23.5 Å². The zero-order chi connectivity index (χ0) is 14.7. The first kappa shape index (κ1) is 14.8. The van der Waals surface area contributed by atoms with Crippen molar-refractivity contribution in [2.24, 2.45) is 0 Å². The molecule has 0 fully saturated rings. The van der Waals surface area contributed by atoms with Gasteiger partial charge in [-0.25, -0.2) is 9.78 Å². The van der Waals surface area contributed by atoms with Crippen LogP contribution >= 0.6 is 22.9 Å². The van der Waals surface area contributed by atoms with Gasteiger partial charge in [-0.2, -0.15) is 0 Å². The Bertz CT molecular complexity index is 627. The molecule has 4 nitrogen and oxygen atoms in total. The smallest absolute Gasteiger partial charge is 0.337 e. The Kier molecular flexibility index (Phi) is 4.62. The van der Waals surface area contributed by atoms with Gasteiger partial charge >= 0.3 is 5.97 Å². The van der Waals surface area contributed by atoms with Crippen LogP contribution in [-0.2, 0) is 6.42 Å². The van der Waals surface area contributed by atoms with E-state index in [1.165, 1.54) is 10.9 Å². The summed E-state index contributed by atoms with van der Waals surface area (Å²) in [5, 5.41) is 13.4. The third-order valence-corrected chi connectivity index (χ3v) is 4.51. The molecule has 2 rings (SSSR count). The summed E-state index contributed by atoms with van der Waals surface area (Å²) in [6.45, 7) is 4.11. The molecular weight excluding hydrogens is 296 g/mol. The average molecular weight is 311 g/mol. The van der Waals surface area contributed by atoms with Crippen LogP contribution in [0.2, 0.25) is 5.02 Å². The number of carboxylic acids is 1. The quantitative estimate of drug-likeness (QED) is 0.867. The van der Waals surface area contributed by atoms with Gasteiger partial charge in [0.2, 0.25) is 0 Å². The van der Waals surface area contributed by atoms with Crippen molar-refractivity contribution in [2.75, 3.05) is 5.32 Å². The third kappa shape index (κ3) is 3.29. The lowest BCUT2D eigenvalue weighted by Gasteiger charge is -2.13. The molecule has 1 atom stereocenters. The van der Waals surface area contributed by atoms with Crippen LogP contribution in [0.15, 0.2) is 24.4 Å². The molecule has 2 N–H and O–H groups in total. The molecule has 0 amide bonds. The summed E-state index contributed by atoms with van der Waals surface area (Å²) in [7, 11) is 0. The molecule has 20 heavy (non-hydrogen) atoms. The van der Waals surface area contributed by atoms with Gasteiger partial charge in [-0.1, -0.05) is 18.5 Å². The minimum atomic E-state index is -1.03. The molecule has 0 saturated carbocycles.